The van der Waals surface area contributed by atoms with Gasteiger partial charge in [-0.2, -0.15) is 0 Å². The molecule has 2 heterocycles. The summed E-state index contributed by atoms with van der Waals surface area (Å²) >= 11 is 0. The number of nitrogens with one attached hydrogen (secondary N) is 1. The first-order valence-corrected chi connectivity index (χ1v) is 8.42. The quantitative estimate of drug-likeness (QED) is 0.797. The SMILES string of the molecule is COc1cccc(-c2cc3ccc(N4CCNCC4)cc3c(=O)o2)c1. The highest BCUT2D eigenvalue weighted by molar-refractivity contribution is 5.87. The lowest BCUT2D eigenvalue weighted by molar-refractivity contribution is 0.414. The van der Waals surface area contributed by atoms with Crippen molar-refractivity contribution in [3.8, 4) is 17.1 Å². The molecule has 0 aliphatic carbocycles. The van der Waals surface area contributed by atoms with Gasteiger partial charge in [-0.15, -0.1) is 0 Å². The maximum atomic E-state index is 12.5. The predicted octanol–water partition coefficient (Wildman–Crippen LogP) is 2.88. The van der Waals surface area contributed by atoms with Crippen LogP contribution in [0.15, 0.2) is 57.7 Å². The Labute approximate surface area is 145 Å². The summed E-state index contributed by atoms with van der Waals surface area (Å²) in [4.78, 5) is 14.8. The number of hydrogen-bond acceptors (Lipinski definition) is 5. The molecule has 0 unspecified atom stereocenters. The minimum Gasteiger partial charge on any atom is -0.497 e. The van der Waals surface area contributed by atoms with E-state index < -0.39 is 0 Å². The summed E-state index contributed by atoms with van der Waals surface area (Å²) in [6, 6.07) is 15.4. The Morgan fingerprint density at radius 3 is 2.72 bits per heavy atom. The Bertz CT molecular complexity index is 959. The highest BCUT2D eigenvalue weighted by atomic mass is 16.5. The van der Waals surface area contributed by atoms with Gasteiger partial charge in [0.15, 0.2) is 0 Å². The second-order valence-electron chi connectivity index (χ2n) is 6.14. The number of rotatable bonds is 3. The second-order valence-corrected chi connectivity index (χ2v) is 6.14. The van der Waals surface area contributed by atoms with E-state index in [2.05, 4.69) is 16.3 Å². The van der Waals surface area contributed by atoms with Gasteiger partial charge in [0.25, 0.3) is 0 Å². The molecule has 1 aromatic heterocycles. The van der Waals surface area contributed by atoms with Crippen molar-refractivity contribution in [3.63, 3.8) is 0 Å². The lowest BCUT2D eigenvalue weighted by atomic mass is 10.1. The standard InChI is InChI=1S/C20H20N2O3/c1-24-17-4-2-3-15(11-17)19-12-14-5-6-16(13-18(14)20(23)25-19)22-9-7-21-8-10-22/h2-6,11-13,21H,7-10H2,1H3. The van der Waals surface area contributed by atoms with Crippen molar-refractivity contribution in [3.05, 3.63) is 59.0 Å². The Kier molecular flexibility index (Phi) is 4.15. The lowest BCUT2D eigenvalue weighted by Crippen LogP contribution is -2.43. The molecule has 0 radical (unpaired) electrons. The third kappa shape index (κ3) is 3.10. The van der Waals surface area contributed by atoms with Crippen molar-refractivity contribution >= 4 is 16.5 Å². The van der Waals surface area contributed by atoms with Crippen molar-refractivity contribution in [1.82, 2.24) is 5.32 Å². The average molecular weight is 336 g/mol. The van der Waals surface area contributed by atoms with Crippen LogP contribution in [0.1, 0.15) is 0 Å². The van der Waals surface area contributed by atoms with Gasteiger partial charge in [-0.1, -0.05) is 18.2 Å². The Morgan fingerprint density at radius 1 is 1.08 bits per heavy atom. The molecule has 4 rings (SSSR count). The molecule has 1 saturated heterocycles. The van der Waals surface area contributed by atoms with Gasteiger partial charge in [-0.05, 0) is 35.7 Å². The normalized spacial score (nSPS) is 14.7. The van der Waals surface area contributed by atoms with E-state index in [0.717, 1.165) is 48.6 Å². The van der Waals surface area contributed by atoms with Gasteiger partial charge >= 0.3 is 5.63 Å². The minimum absolute atomic E-state index is 0.313. The van der Waals surface area contributed by atoms with Crippen LogP contribution in [0.5, 0.6) is 5.75 Å². The first kappa shape index (κ1) is 15.7. The highest BCUT2D eigenvalue weighted by Crippen LogP contribution is 2.27. The Morgan fingerprint density at radius 2 is 1.92 bits per heavy atom. The zero-order chi connectivity index (χ0) is 17.2. The second kappa shape index (κ2) is 6.61. The van der Waals surface area contributed by atoms with Crippen molar-refractivity contribution in [2.75, 3.05) is 38.2 Å². The number of hydrogen-bond donors (Lipinski definition) is 1. The average Bonchev–Trinajstić information content (AvgIpc) is 2.68. The van der Waals surface area contributed by atoms with Gasteiger partial charge < -0.3 is 19.4 Å². The number of benzene rings is 2. The molecule has 0 bridgehead atoms. The number of ether oxygens (including phenoxy) is 1. The summed E-state index contributed by atoms with van der Waals surface area (Å²) in [6.45, 7) is 3.81. The van der Waals surface area contributed by atoms with Gasteiger partial charge in [-0.3, -0.25) is 0 Å². The molecule has 2 aromatic carbocycles. The molecule has 25 heavy (non-hydrogen) atoms. The molecule has 3 aromatic rings. The Hall–Kier alpha value is -2.79. The summed E-state index contributed by atoms with van der Waals surface area (Å²) < 4.78 is 10.8. The number of fused-ring (bicyclic) bond motifs is 1. The van der Waals surface area contributed by atoms with E-state index >= 15 is 0 Å². The molecule has 5 nitrogen and oxygen atoms in total. The first-order chi connectivity index (χ1) is 12.2. The Balaban J connectivity index is 1.76. The maximum Gasteiger partial charge on any atom is 0.344 e. The smallest absolute Gasteiger partial charge is 0.344 e. The van der Waals surface area contributed by atoms with E-state index in [0.29, 0.717) is 11.1 Å². The van der Waals surface area contributed by atoms with Crippen LogP contribution in [-0.2, 0) is 0 Å². The predicted molar refractivity (Wildman–Crippen MR) is 99.6 cm³/mol. The molecular weight excluding hydrogens is 316 g/mol. The van der Waals surface area contributed by atoms with Crippen molar-refractivity contribution < 1.29 is 9.15 Å². The van der Waals surface area contributed by atoms with Crippen LogP contribution in [0.3, 0.4) is 0 Å². The molecule has 0 amide bonds. The maximum absolute atomic E-state index is 12.5. The monoisotopic (exact) mass is 336 g/mol. The minimum atomic E-state index is -0.313. The molecule has 1 fully saturated rings. The number of nitrogens with zero attached hydrogens (tertiary/aromatic N) is 1. The zero-order valence-corrected chi connectivity index (χ0v) is 14.1. The van der Waals surface area contributed by atoms with Gasteiger partial charge in [0.05, 0.1) is 12.5 Å². The fraction of sp³-hybridized carbons (Fsp3) is 0.250. The molecule has 1 aliphatic rings. The molecule has 0 saturated carbocycles. The molecule has 1 N–H and O–H groups in total. The topological polar surface area (TPSA) is 54.7 Å². The fourth-order valence-corrected chi connectivity index (χ4v) is 3.21. The van der Waals surface area contributed by atoms with Crippen molar-refractivity contribution in [1.29, 1.82) is 0 Å². The summed E-state index contributed by atoms with van der Waals surface area (Å²) in [6.07, 6.45) is 0. The summed E-state index contributed by atoms with van der Waals surface area (Å²) in [7, 11) is 1.62. The van der Waals surface area contributed by atoms with Crippen molar-refractivity contribution in [2.45, 2.75) is 0 Å². The van der Waals surface area contributed by atoms with E-state index in [1.807, 2.05) is 42.5 Å². The lowest BCUT2D eigenvalue weighted by Gasteiger charge is -2.29. The third-order valence-electron chi connectivity index (χ3n) is 4.58. The van der Waals surface area contributed by atoms with Crippen LogP contribution in [0.25, 0.3) is 22.1 Å². The van der Waals surface area contributed by atoms with E-state index in [1.165, 1.54) is 0 Å². The van der Waals surface area contributed by atoms with E-state index in [1.54, 1.807) is 7.11 Å². The third-order valence-corrected chi connectivity index (χ3v) is 4.58. The number of methoxy groups -OCH3 is 1. The molecule has 0 spiro atoms. The van der Waals surface area contributed by atoms with Crippen molar-refractivity contribution in [2.24, 2.45) is 0 Å². The van der Waals surface area contributed by atoms with Crippen LogP contribution in [0.4, 0.5) is 5.69 Å². The van der Waals surface area contributed by atoms with Gasteiger partial charge in [0.1, 0.15) is 11.5 Å². The van der Waals surface area contributed by atoms with E-state index in [9.17, 15) is 4.79 Å². The highest BCUT2D eigenvalue weighted by Gasteiger charge is 2.13. The van der Waals surface area contributed by atoms with Crippen LogP contribution >= 0.6 is 0 Å². The number of anilines is 1. The molecular formula is C20H20N2O3. The van der Waals surface area contributed by atoms with Crippen LogP contribution in [0.2, 0.25) is 0 Å². The molecule has 5 heteroatoms. The van der Waals surface area contributed by atoms with Crippen LogP contribution in [-0.4, -0.2) is 33.3 Å². The molecule has 0 atom stereocenters. The summed E-state index contributed by atoms with van der Waals surface area (Å²) in [5, 5.41) is 4.83. The molecule has 1 aliphatic heterocycles. The van der Waals surface area contributed by atoms with Gasteiger partial charge in [-0.25, -0.2) is 4.79 Å². The zero-order valence-electron chi connectivity index (χ0n) is 14.1. The van der Waals surface area contributed by atoms with Gasteiger partial charge in [0.2, 0.25) is 0 Å². The largest absolute Gasteiger partial charge is 0.497 e. The van der Waals surface area contributed by atoms with Crippen LogP contribution in [0, 0.1) is 0 Å². The van der Waals surface area contributed by atoms with E-state index in [4.69, 9.17) is 9.15 Å². The van der Waals surface area contributed by atoms with Gasteiger partial charge in [0, 0.05) is 37.4 Å². The summed E-state index contributed by atoms with van der Waals surface area (Å²) in [5.74, 6) is 1.28. The first-order valence-electron chi connectivity index (χ1n) is 8.42. The van der Waals surface area contributed by atoms with E-state index in [-0.39, 0.29) is 5.63 Å². The number of piperazine rings is 1. The van der Waals surface area contributed by atoms with Crippen LogP contribution < -0.4 is 20.6 Å². The summed E-state index contributed by atoms with van der Waals surface area (Å²) in [5.41, 5.74) is 1.58. The molecule has 128 valence electrons. The fourth-order valence-electron chi connectivity index (χ4n) is 3.21.